The molecule has 0 bridgehead atoms. The van der Waals surface area contributed by atoms with E-state index in [0.717, 1.165) is 0 Å². The minimum atomic E-state index is -0.728. The van der Waals surface area contributed by atoms with E-state index in [1.54, 1.807) is 38.3 Å². The summed E-state index contributed by atoms with van der Waals surface area (Å²) < 4.78 is 23.6. The monoisotopic (exact) mass is 388 g/mol. The van der Waals surface area contributed by atoms with Crippen LogP contribution in [0.15, 0.2) is 54.6 Å². The molecular weight excluding hydrogens is 363 g/mol. The molecule has 0 unspecified atom stereocenters. The van der Waals surface area contributed by atoms with Gasteiger partial charge >= 0.3 is 0 Å². The van der Waals surface area contributed by atoms with Crippen molar-refractivity contribution in [1.82, 2.24) is 10.2 Å². The lowest BCUT2D eigenvalue weighted by atomic mass is 10.1. The van der Waals surface area contributed by atoms with Gasteiger partial charge in [0.1, 0.15) is 17.6 Å². The maximum absolute atomic E-state index is 13.2. The number of hydrogen-bond donors (Lipinski definition) is 1. The second kappa shape index (κ2) is 11.0. The molecule has 2 rings (SSSR count). The van der Waals surface area contributed by atoms with Crippen LogP contribution < -0.4 is 10.1 Å². The van der Waals surface area contributed by atoms with Gasteiger partial charge in [0.25, 0.3) is 5.91 Å². The molecule has 2 amide bonds. The Balaban J connectivity index is 2.08. The predicted molar refractivity (Wildman–Crippen MR) is 103 cm³/mol. The number of hydrogen-bond acceptors (Lipinski definition) is 4. The Labute approximate surface area is 164 Å². The fraction of sp³-hybridized carbons (Fsp3) is 0.333. The molecule has 0 radical (unpaired) electrons. The molecule has 2 aromatic carbocycles. The van der Waals surface area contributed by atoms with E-state index in [-0.39, 0.29) is 30.8 Å². The Morgan fingerprint density at radius 3 is 2.43 bits per heavy atom. The van der Waals surface area contributed by atoms with Crippen LogP contribution in [0.1, 0.15) is 12.5 Å². The third-order valence-electron chi connectivity index (χ3n) is 4.14. The van der Waals surface area contributed by atoms with Crippen LogP contribution in [0.2, 0.25) is 0 Å². The zero-order valence-corrected chi connectivity index (χ0v) is 16.1. The fourth-order valence-corrected chi connectivity index (χ4v) is 2.54. The SMILES string of the molecule is COCCNC(=O)[C@@H](C)N(Cc1ccc(F)cc1)C(=O)COc1ccccc1. The third kappa shape index (κ3) is 6.66. The number of amides is 2. The summed E-state index contributed by atoms with van der Waals surface area (Å²) in [6.45, 7) is 2.32. The van der Waals surface area contributed by atoms with Gasteiger partial charge in [-0.1, -0.05) is 30.3 Å². The smallest absolute Gasteiger partial charge is 0.261 e. The van der Waals surface area contributed by atoms with Gasteiger partial charge in [-0.05, 0) is 36.8 Å². The first-order valence-corrected chi connectivity index (χ1v) is 8.99. The summed E-state index contributed by atoms with van der Waals surface area (Å²) in [5, 5.41) is 2.73. The minimum Gasteiger partial charge on any atom is -0.484 e. The molecule has 0 heterocycles. The molecule has 0 spiro atoms. The summed E-state index contributed by atoms with van der Waals surface area (Å²) in [5.74, 6) is -0.441. The summed E-state index contributed by atoms with van der Waals surface area (Å²) in [4.78, 5) is 26.6. The Kier molecular flexibility index (Phi) is 8.42. The van der Waals surface area contributed by atoms with Crippen molar-refractivity contribution in [3.8, 4) is 5.75 Å². The molecule has 0 aromatic heterocycles. The molecule has 0 aliphatic carbocycles. The highest BCUT2D eigenvalue weighted by atomic mass is 19.1. The average molecular weight is 388 g/mol. The number of halogens is 1. The molecular formula is C21H25FN2O4. The van der Waals surface area contributed by atoms with Crippen LogP contribution in [0.5, 0.6) is 5.75 Å². The second-order valence-corrected chi connectivity index (χ2v) is 6.21. The van der Waals surface area contributed by atoms with Crippen molar-refractivity contribution in [2.45, 2.75) is 19.5 Å². The molecule has 0 saturated heterocycles. The highest BCUT2D eigenvalue weighted by Crippen LogP contribution is 2.13. The topological polar surface area (TPSA) is 67.9 Å². The number of benzene rings is 2. The van der Waals surface area contributed by atoms with Gasteiger partial charge in [-0.2, -0.15) is 0 Å². The van der Waals surface area contributed by atoms with E-state index in [1.807, 2.05) is 18.2 Å². The van der Waals surface area contributed by atoms with Crippen molar-refractivity contribution in [3.05, 3.63) is 66.0 Å². The van der Waals surface area contributed by atoms with E-state index in [1.165, 1.54) is 17.0 Å². The van der Waals surface area contributed by atoms with E-state index >= 15 is 0 Å². The van der Waals surface area contributed by atoms with Gasteiger partial charge < -0.3 is 19.7 Å². The number of nitrogens with one attached hydrogen (secondary N) is 1. The zero-order chi connectivity index (χ0) is 20.4. The number of nitrogens with zero attached hydrogens (tertiary/aromatic N) is 1. The van der Waals surface area contributed by atoms with Crippen LogP contribution in [-0.4, -0.2) is 49.6 Å². The van der Waals surface area contributed by atoms with Gasteiger partial charge in [-0.3, -0.25) is 9.59 Å². The van der Waals surface area contributed by atoms with Crippen LogP contribution >= 0.6 is 0 Å². The van der Waals surface area contributed by atoms with Crippen LogP contribution in [0.3, 0.4) is 0 Å². The van der Waals surface area contributed by atoms with Crippen molar-refractivity contribution < 1.29 is 23.5 Å². The molecule has 150 valence electrons. The highest BCUT2D eigenvalue weighted by molar-refractivity contribution is 5.87. The maximum Gasteiger partial charge on any atom is 0.261 e. The molecule has 6 nitrogen and oxygen atoms in total. The summed E-state index contributed by atoms with van der Waals surface area (Å²) in [7, 11) is 1.54. The lowest BCUT2D eigenvalue weighted by molar-refractivity contribution is -0.142. The molecule has 1 N–H and O–H groups in total. The van der Waals surface area contributed by atoms with Crippen LogP contribution in [-0.2, 0) is 20.9 Å². The van der Waals surface area contributed by atoms with Crippen molar-refractivity contribution in [3.63, 3.8) is 0 Å². The van der Waals surface area contributed by atoms with Crippen LogP contribution in [0, 0.1) is 5.82 Å². The lowest BCUT2D eigenvalue weighted by Gasteiger charge is -2.28. The molecule has 0 aliphatic heterocycles. The van der Waals surface area contributed by atoms with Gasteiger partial charge in [-0.25, -0.2) is 4.39 Å². The quantitative estimate of drug-likeness (QED) is 0.635. The fourth-order valence-electron chi connectivity index (χ4n) is 2.54. The largest absolute Gasteiger partial charge is 0.484 e. The third-order valence-corrected chi connectivity index (χ3v) is 4.14. The number of carbonyl (C=O) groups is 2. The molecule has 2 aromatic rings. The van der Waals surface area contributed by atoms with Crippen LogP contribution in [0.25, 0.3) is 0 Å². The van der Waals surface area contributed by atoms with E-state index in [4.69, 9.17) is 9.47 Å². The first-order valence-electron chi connectivity index (χ1n) is 8.99. The Hall–Kier alpha value is -2.93. The average Bonchev–Trinajstić information content (AvgIpc) is 2.72. The Bertz CT molecular complexity index is 753. The lowest BCUT2D eigenvalue weighted by Crippen LogP contribution is -2.49. The number of ether oxygens (including phenoxy) is 2. The summed E-state index contributed by atoms with van der Waals surface area (Å²) in [6.07, 6.45) is 0. The molecule has 1 atom stereocenters. The zero-order valence-electron chi connectivity index (χ0n) is 16.1. The molecule has 28 heavy (non-hydrogen) atoms. The number of methoxy groups -OCH3 is 1. The number of para-hydroxylation sites is 1. The maximum atomic E-state index is 13.2. The van der Waals surface area contributed by atoms with Gasteiger partial charge in [0, 0.05) is 20.2 Å². The molecule has 0 aliphatic rings. The molecule has 0 saturated carbocycles. The first kappa shape index (κ1) is 21.4. The molecule has 7 heteroatoms. The predicted octanol–water partition coefficient (Wildman–Crippen LogP) is 2.38. The highest BCUT2D eigenvalue weighted by Gasteiger charge is 2.26. The minimum absolute atomic E-state index is 0.163. The summed E-state index contributed by atoms with van der Waals surface area (Å²) in [5.41, 5.74) is 0.714. The van der Waals surface area contributed by atoms with Crippen molar-refractivity contribution in [2.24, 2.45) is 0 Å². The van der Waals surface area contributed by atoms with E-state index in [9.17, 15) is 14.0 Å². The normalized spacial score (nSPS) is 11.5. The summed E-state index contributed by atoms with van der Waals surface area (Å²) >= 11 is 0. The van der Waals surface area contributed by atoms with Gasteiger partial charge in [0.2, 0.25) is 5.91 Å². The van der Waals surface area contributed by atoms with Crippen molar-refractivity contribution in [1.29, 1.82) is 0 Å². The van der Waals surface area contributed by atoms with Gasteiger partial charge in [0.15, 0.2) is 6.61 Å². The van der Waals surface area contributed by atoms with E-state index in [0.29, 0.717) is 24.5 Å². The molecule has 0 fully saturated rings. The van der Waals surface area contributed by atoms with Gasteiger partial charge in [0.05, 0.1) is 6.61 Å². The second-order valence-electron chi connectivity index (χ2n) is 6.21. The van der Waals surface area contributed by atoms with E-state index < -0.39 is 6.04 Å². The Morgan fingerprint density at radius 2 is 1.79 bits per heavy atom. The van der Waals surface area contributed by atoms with E-state index in [2.05, 4.69) is 5.32 Å². The number of carbonyl (C=O) groups excluding carboxylic acids is 2. The van der Waals surface area contributed by atoms with Crippen molar-refractivity contribution in [2.75, 3.05) is 26.9 Å². The first-order chi connectivity index (χ1) is 13.5. The Morgan fingerprint density at radius 1 is 1.11 bits per heavy atom. The van der Waals surface area contributed by atoms with Crippen molar-refractivity contribution >= 4 is 11.8 Å². The van der Waals surface area contributed by atoms with Crippen LogP contribution in [0.4, 0.5) is 4.39 Å². The number of rotatable bonds is 10. The summed E-state index contributed by atoms with van der Waals surface area (Å²) in [6, 6.07) is 14.0. The van der Waals surface area contributed by atoms with Gasteiger partial charge in [-0.15, -0.1) is 0 Å². The standard InChI is InChI=1S/C21H25FN2O4/c1-16(21(26)23-12-13-27-2)24(14-17-8-10-18(22)11-9-17)20(25)15-28-19-6-4-3-5-7-19/h3-11,16H,12-15H2,1-2H3,(H,23,26)/t16-/m1/s1.